The molecule has 0 aliphatic carbocycles. The zero-order valence-corrected chi connectivity index (χ0v) is 9.52. The van der Waals surface area contributed by atoms with Gasteiger partial charge in [-0.3, -0.25) is 4.79 Å². The smallest absolute Gasteiger partial charge is 0.329 e. The highest BCUT2D eigenvalue weighted by atomic mass is 16.5. The molecule has 0 aliphatic heterocycles. The maximum absolute atomic E-state index is 11.5. The molecule has 1 amide bonds. The van der Waals surface area contributed by atoms with Crippen molar-refractivity contribution in [2.24, 2.45) is 0 Å². The van der Waals surface area contributed by atoms with Gasteiger partial charge in [0.1, 0.15) is 13.2 Å². The first-order valence-electron chi connectivity index (χ1n) is 5.30. The molecule has 0 heterocycles. The number of ether oxygens (including phenoxy) is 1. The van der Waals surface area contributed by atoms with Crippen LogP contribution in [0.3, 0.4) is 0 Å². The SMILES string of the molecule is CCCCN(CCO)C(=O)COCC(=O)O. The van der Waals surface area contributed by atoms with Crippen LogP contribution < -0.4 is 0 Å². The van der Waals surface area contributed by atoms with Gasteiger partial charge in [0.05, 0.1) is 6.61 Å². The molecule has 0 bridgehead atoms. The summed E-state index contributed by atoms with van der Waals surface area (Å²) in [6.45, 7) is 1.99. The number of nitrogens with zero attached hydrogens (tertiary/aromatic N) is 1. The molecule has 0 spiro atoms. The molecule has 0 saturated heterocycles. The van der Waals surface area contributed by atoms with Crippen molar-refractivity contribution in [2.45, 2.75) is 19.8 Å². The maximum atomic E-state index is 11.5. The molecule has 0 aliphatic rings. The van der Waals surface area contributed by atoms with Crippen LogP contribution in [0.1, 0.15) is 19.8 Å². The molecule has 6 nitrogen and oxygen atoms in total. The topological polar surface area (TPSA) is 87.1 Å². The average molecular weight is 233 g/mol. The van der Waals surface area contributed by atoms with E-state index in [0.29, 0.717) is 6.54 Å². The van der Waals surface area contributed by atoms with Crippen molar-refractivity contribution in [3.05, 3.63) is 0 Å². The van der Waals surface area contributed by atoms with Crippen molar-refractivity contribution in [1.82, 2.24) is 4.90 Å². The number of aliphatic hydroxyl groups excluding tert-OH is 1. The fourth-order valence-corrected chi connectivity index (χ4v) is 1.15. The number of rotatable bonds is 9. The largest absolute Gasteiger partial charge is 0.480 e. The summed E-state index contributed by atoms with van der Waals surface area (Å²) in [5.41, 5.74) is 0. The van der Waals surface area contributed by atoms with E-state index in [0.717, 1.165) is 12.8 Å². The highest BCUT2D eigenvalue weighted by Gasteiger charge is 2.12. The summed E-state index contributed by atoms with van der Waals surface area (Å²) in [6, 6.07) is 0. The summed E-state index contributed by atoms with van der Waals surface area (Å²) in [4.78, 5) is 23.2. The van der Waals surface area contributed by atoms with Crippen molar-refractivity contribution < 1.29 is 24.5 Å². The Bertz CT molecular complexity index is 219. The van der Waals surface area contributed by atoms with E-state index in [1.807, 2.05) is 6.92 Å². The third kappa shape index (κ3) is 7.19. The molecule has 94 valence electrons. The normalized spacial score (nSPS) is 10.1. The number of carbonyl (C=O) groups excluding carboxylic acids is 1. The van der Waals surface area contributed by atoms with E-state index in [1.165, 1.54) is 4.90 Å². The van der Waals surface area contributed by atoms with Gasteiger partial charge < -0.3 is 19.8 Å². The van der Waals surface area contributed by atoms with E-state index < -0.39 is 12.6 Å². The number of aliphatic hydroxyl groups is 1. The second-order valence-corrected chi connectivity index (χ2v) is 3.34. The second kappa shape index (κ2) is 9.11. The zero-order valence-electron chi connectivity index (χ0n) is 9.52. The highest BCUT2D eigenvalue weighted by Crippen LogP contribution is 1.96. The van der Waals surface area contributed by atoms with E-state index in [2.05, 4.69) is 0 Å². The van der Waals surface area contributed by atoms with Crippen molar-refractivity contribution >= 4 is 11.9 Å². The number of carboxylic acid groups (broad SMARTS) is 1. The summed E-state index contributed by atoms with van der Waals surface area (Å²) in [7, 11) is 0. The summed E-state index contributed by atoms with van der Waals surface area (Å²) < 4.78 is 4.69. The van der Waals surface area contributed by atoms with Crippen molar-refractivity contribution in [2.75, 3.05) is 32.9 Å². The summed E-state index contributed by atoms with van der Waals surface area (Å²) in [5, 5.41) is 17.1. The van der Waals surface area contributed by atoms with Gasteiger partial charge in [0.2, 0.25) is 5.91 Å². The highest BCUT2D eigenvalue weighted by molar-refractivity contribution is 5.78. The first-order chi connectivity index (χ1) is 7.61. The molecule has 2 N–H and O–H groups in total. The summed E-state index contributed by atoms with van der Waals surface area (Å²) in [5.74, 6) is -1.39. The minimum Gasteiger partial charge on any atom is -0.480 e. The van der Waals surface area contributed by atoms with Crippen molar-refractivity contribution in [3.8, 4) is 0 Å². The van der Waals surface area contributed by atoms with Gasteiger partial charge in [0.15, 0.2) is 0 Å². The number of unbranched alkanes of at least 4 members (excludes halogenated alkanes) is 1. The van der Waals surface area contributed by atoms with Crippen LogP contribution in [0.5, 0.6) is 0 Å². The van der Waals surface area contributed by atoms with E-state index in [1.54, 1.807) is 0 Å². The van der Waals surface area contributed by atoms with Gasteiger partial charge in [0, 0.05) is 13.1 Å². The Labute approximate surface area is 94.8 Å². The molecule has 0 aromatic rings. The molecule has 0 aromatic carbocycles. The lowest BCUT2D eigenvalue weighted by atomic mass is 10.3. The van der Waals surface area contributed by atoms with Crippen LogP contribution in [0.15, 0.2) is 0 Å². The van der Waals surface area contributed by atoms with E-state index >= 15 is 0 Å². The number of hydrogen-bond acceptors (Lipinski definition) is 4. The molecular formula is C10H19NO5. The van der Waals surface area contributed by atoms with Gasteiger partial charge >= 0.3 is 5.97 Å². The Morgan fingerprint density at radius 2 is 1.94 bits per heavy atom. The quantitative estimate of drug-likeness (QED) is 0.571. The van der Waals surface area contributed by atoms with E-state index in [-0.39, 0.29) is 25.7 Å². The number of hydrogen-bond donors (Lipinski definition) is 2. The Balaban J connectivity index is 3.90. The van der Waals surface area contributed by atoms with Gasteiger partial charge in [-0.05, 0) is 6.42 Å². The van der Waals surface area contributed by atoms with Crippen molar-refractivity contribution in [1.29, 1.82) is 0 Å². The van der Waals surface area contributed by atoms with Crippen LogP contribution in [0.4, 0.5) is 0 Å². The molecule has 0 aromatic heterocycles. The monoisotopic (exact) mass is 233 g/mol. The molecule has 0 fully saturated rings. The third-order valence-electron chi connectivity index (χ3n) is 1.96. The number of amides is 1. The second-order valence-electron chi connectivity index (χ2n) is 3.34. The molecule has 0 atom stereocenters. The first-order valence-corrected chi connectivity index (χ1v) is 5.30. The fourth-order valence-electron chi connectivity index (χ4n) is 1.15. The number of carbonyl (C=O) groups is 2. The molecule has 6 heteroatoms. The fraction of sp³-hybridized carbons (Fsp3) is 0.800. The van der Waals surface area contributed by atoms with Gasteiger partial charge in [-0.1, -0.05) is 13.3 Å². The van der Waals surface area contributed by atoms with Gasteiger partial charge in [0.25, 0.3) is 0 Å². The van der Waals surface area contributed by atoms with Gasteiger partial charge in [-0.15, -0.1) is 0 Å². The van der Waals surface area contributed by atoms with Crippen LogP contribution in [-0.4, -0.2) is 59.9 Å². The molecule has 16 heavy (non-hydrogen) atoms. The average Bonchev–Trinajstić information content (AvgIpc) is 2.23. The maximum Gasteiger partial charge on any atom is 0.329 e. The predicted octanol–water partition coefficient (Wildman–Crippen LogP) is -0.291. The predicted molar refractivity (Wildman–Crippen MR) is 57.0 cm³/mol. The van der Waals surface area contributed by atoms with Crippen LogP contribution in [-0.2, 0) is 14.3 Å². The first kappa shape index (κ1) is 14.9. The van der Waals surface area contributed by atoms with Gasteiger partial charge in [-0.25, -0.2) is 4.79 Å². The Morgan fingerprint density at radius 1 is 1.25 bits per heavy atom. The Morgan fingerprint density at radius 3 is 2.44 bits per heavy atom. The van der Waals surface area contributed by atoms with E-state index in [9.17, 15) is 9.59 Å². The molecular weight excluding hydrogens is 214 g/mol. The lowest BCUT2D eigenvalue weighted by molar-refractivity contribution is -0.146. The lowest BCUT2D eigenvalue weighted by Gasteiger charge is -2.21. The third-order valence-corrected chi connectivity index (χ3v) is 1.96. The molecule has 0 rings (SSSR count). The summed E-state index contributed by atoms with van der Waals surface area (Å²) >= 11 is 0. The Kier molecular flexibility index (Phi) is 8.46. The van der Waals surface area contributed by atoms with Crippen LogP contribution in [0.25, 0.3) is 0 Å². The van der Waals surface area contributed by atoms with Gasteiger partial charge in [-0.2, -0.15) is 0 Å². The summed E-state index contributed by atoms with van der Waals surface area (Å²) in [6.07, 6.45) is 1.80. The number of aliphatic carboxylic acids is 1. The minimum absolute atomic E-state index is 0.103. The molecule has 0 radical (unpaired) electrons. The lowest BCUT2D eigenvalue weighted by Crippen LogP contribution is -2.37. The van der Waals surface area contributed by atoms with Crippen LogP contribution in [0.2, 0.25) is 0 Å². The molecule has 0 unspecified atom stereocenters. The Hall–Kier alpha value is -1.14. The van der Waals surface area contributed by atoms with Crippen molar-refractivity contribution in [3.63, 3.8) is 0 Å². The standard InChI is InChI=1S/C10H19NO5/c1-2-3-4-11(5-6-12)9(13)7-16-8-10(14)15/h12H,2-8H2,1H3,(H,14,15). The van der Waals surface area contributed by atoms with E-state index in [4.69, 9.17) is 14.9 Å². The zero-order chi connectivity index (χ0) is 12.4. The minimum atomic E-state index is -1.10. The van der Waals surface area contributed by atoms with Crippen LogP contribution in [0, 0.1) is 0 Å². The number of carboxylic acids is 1. The van der Waals surface area contributed by atoms with Crippen LogP contribution >= 0.6 is 0 Å². The molecule has 0 saturated carbocycles.